The summed E-state index contributed by atoms with van der Waals surface area (Å²) < 4.78 is 0. The Hall–Kier alpha value is -2.08. The first-order chi connectivity index (χ1) is 12.4. The summed E-state index contributed by atoms with van der Waals surface area (Å²) >= 11 is 5.88. The lowest BCUT2D eigenvalue weighted by Crippen LogP contribution is -2.50. The van der Waals surface area contributed by atoms with Gasteiger partial charge in [0.25, 0.3) is 0 Å². The van der Waals surface area contributed by atoms with Gasteiger partial charge < -0.3 is 14.7 Å². The predicted molar refractivity (Wildman–Crippen MR) is 101 cm³/mol. The Kier molecular flexibility index (Phi) is 7.45. The zero-order valence-electron chi connectivity index (χ0n) is 15.4. The maximum atomic E-state index is 12.4. The average Bonchev–Trinajstić information content (AvgIpc) is 2.62. The van der Waals surface area contributed by atoms with E-state index in [2.05, 4.69) is 0 Å². The summed E-state index contributed by atoms with van der Waals surface area (Å²) in [6.07, 6.45) is 1.03. The third-order valence-corrected chi connectivity index (χ3v) is 4.95. The van der Waals surface area contributed by atoms with E-state index in [1.165, 1.54) is 6.92 Å². The zero-order chi connectivity index (χ0) is 19.1. The maximum absolute atomic E-state index is 12.4. The van der Waals surface area contributed by atoms with Crippen LogP contribution in [0.3, 0.4) is 0 Å². The van der Waals surface area contributed by atoms with Crippen LogP contribution in [0.2, 0.25) is 5.02 Å². The minimum atomic E-state index is -0.0341. The number of rotatable bonds is 6. The van der Waals surface area contributed by atoms with E-state index in [-0.39, 0.29) is 17.7 Å². The lowest BCUT2D eigenvalue weighted by molar-refractivity contribution is -0.139. The highest BCUT2D eigenvalue weighted by Gasteiger charge is 2.22. The highest BCUT2D eigenvalue weighted by molar-refractivity contribution is 6.30. The molecule has 1 heterocycles. The summed E-state index contributed by atoms with van der Waals surface area (Å²) in [6.45, 7) is 6.33. The molecule has 0 aromatic heterocycles. The molecule has 26 heavy (non-hydrogen) atoms. The molecular weight excluding hydrogens is 354 g/mol. The number of piperazine rings is 1. The summed E-state index contributed by atoms with van der Waals surface area (Å²) in [4.78, 5) is 40.8. The molecule has 6 nitrogen and oxygen atoms in total. The van der Waals surface area contributed by atoms with Crippen molar-refractivity contribution in [2.24, 2.45) is 0 Å². The van der Waals surface area contributed by atoms with Gasteiger partial charge in [0.05, 0.1) is 0 Å². The molecule has 7 heteroatoms. The number of benzene rings is 1. The molecule has 3 amide bonds. The smallest absolute Gasteiger partial charge is 0.224 e. The molecule has 0 spiro atoms. The quantitative estimate of drug-likeness (QED) is 0.757. The van der Waals surface area contributed by atoms with Crippen molar-refractivity contribution in [1.29, 1.82) is 0 Å². The second kappa shape index (κ2) is 9.57. The maximum Gasteiger partial charge on any atom is 0.224 e. The summed E-state index contributed by atoms with van der Waals surface area (Å²) in [5.41, 5.74) is 1.10. The van der Waals surface area contributed by atoms with Crippen LogP contribution in [-0.2, 0) is 20.8 Å². The van der Waals surface area contributed by atoms with Gasteiger partial charge in [-0.2, -0.15) is 0 Å². The number of hydrogen-bond donors (Lipinski definition) is 0. The van der Waals surface area contributed by atoms with Gasteiger partial charge in [0, 0.05) is 64.6 Å². The van der Waals surface area contributed by atoms with E-state index >= 15 is 0 Å². The Morgan fingerprint density at radius 3 is 2.08 bits per heavy atom. The van der Waals surface area contributed by atoms with Crippen molar-refractivity contribution in [1.82, 2.24) is 14.7 Å². The van der Waals surface area contributed by atoms with E-state index in [1.807, 2.05) is 24.3 Å². The van der Waals surface area contributed by atoms with E-state index < -0.39 is 0 Å². The number of halogens is 1. The first-order valence-electron chi connectivity index (χ1n) is 8.90. The molecular formula is C19H26ClN3O3. The van der Waals surface area contributed by atoms with Gasteiger partial charge >= 0.3 is 0 Å². The van der Waals surface area contributed by atoms with E-state index in [9.17, 15) is 14.4 Å². The standard InChI is InChI=1S/C19H26ClN3O3/c1-15(24)21(9-7-17-3-5-18(20)6-4-17)10-8-19(26)23-13-11-22(12-14-23)16(2)25/h3-6H,7-14H2,1-2H3. The van der Waals surface area contributed by atoms with Crippen molar-refractivity contribution in [3.8, 4) is 0 Å². The summed E-state index contributed by atoms with van der Waals surface area (Å²) in [7, 11) is 0. The molecule has 0 saturated carbocycles. The number of carbonyl (C=O) groups is 3. The number of hydrogen-bond acceptors (Lipinski definition) is 3. The van der Waals surface area contributed by atoms with Crippen LogP contribution in [0.5, 0.6) is 0 Å². The highest BCUT2D eigenvalue weighted by atomic mass is 35.5. The minimum Gasteiger partial charge on any atom is -0.342 e. The fourth-order valence-corrected chi connectivity index (χ4v) is 3.13. The van der Waals surface area contributed by atoms with Crippen molar-refractivity contribution in [2.75, 3.05) is 39.3 Å². The Bertz CT molecular complexity index is 640. The summed E-state index contributed by atoms with van der Waals surface area (Å²) in [5, 5.41) is 0.688. The molecule has 2 rings (SSSR count). The fraction of sp³-hybridized carbons (Fsp3) is 0.526. The Balaban J connectivity index is 1.78. The summed E-state index contributed by atoms with van der Waals surface area (Å²) in [5.74, 6) is 0.0427. The van der Waals surface area contributed by atoms with Gasteiger partial charge in [-0.1, -0.05) is 23.7 Å². The topological polar surface area (TPSA) is 60.9 Å². The van der Waals surface area contributed by atoms with Gasteiger partial charge in [-0.3, -0.25) is 14.4 Å². The van der Waals surface area contributed by atoms with Gasteiger partial charge in [-0.05, 0) is 24.1 Å². The first kappa shape index (κ1) is 20.2. The van der Waals surface area contributed by atoms with Crippen molar-refractivity contribution in [3.05, 3.63) is 34.9 Å². The lowest BCUT2D eigenvalue weighted by atomic mass is 10.1. The second-order valence-corrected chi connectivity index (χ2v) is 6.96. The molecule has 0 aliphatic carbocycles. The van der Waals surface area contributed by atoms with E-state index in [4.69, 9.17) is 11.6 Å². The van der Waals surface area contributed by atoms with E-state index in [0.717, 1.165) is 12.0 Å². The monoisotopic (exact) mass is 379 g/mol. The van der Waals surface area contributed by atoms with Crippen LogP contribution in [-0.4, -0.2) is 71.7 Å². The Labute approximate surface area is 159 Å². The minimum absolute atomic E-state index is 0.0333. The molecule has 1 aromatic carbocycles. The van der Waals surface area contributed by atoms with E-state index in [1.54, 1.807) is 21.6 Å². The van der Waals surface area contributed by atoms with Gasteiger partial charge in [0.2, 0.25) is 17.7 Å². The van der Waals surface area contributed by atoms with Crippen LogP contribution in [0.1, 0.15) is 25.8 Å². The molecule has 1 aliphatic heterocycles. The van der Waals surface area contributed by atoms with E-state index in [0.29, 0.717) is 50.7 Å². The third-order valence-electron chi connectivity index (χ3n) is 4.70. The van der Waals surface area contributed by atoms with Crippen LogP contribution in [0.15, 0.2) is 24.3 Å². The number of amides is 3. The molecule has 0 bridgehead atoms. The normalized spacial score (nSPS) is 14.3. The van der Waals surface area contributed by atoms with Gasteiger partial charge in [-0.25, -0.2) is 0 Å². The van der Waals surface area contributed by atoms with Gasteiger partial charge in [0.1, 0.15) is 0 Å². The molecule has 1 saturated heterocycles. The molecule has 0 radical (unpaired) electrons. The summed E-state index contributed by atoms with van der Waals surface area (Å²) in [6, 6.07) is 7.55. The average molecular weight is 380 g/mol. The number of nitrogens with zero attached hydrogens (tertiary/aromatic N) is 3. The van der Waals surface area contributed by atoms with Crippen molar-refractivity contribution in [2.45, 2.75) is 26.7 Å². The molecule has 1 aromatic rings. The van der Waals surface area contributed by atoms with Crippen LogP contribution in [0.4, 0.5) is 0 Å². The Morgan fingerprint density at radius 1 is 0.962 bits per heavy atom. The van der Waals surface area contributed by atoms with Gasteiger partial charge in [0.15, 0.2) is 0 Å². The van der Waals surface area contributed by atoms with Crippen LogP contribution >= 0.6 is 11.6 Å². The van der Waals surface area contributed by atoms with Crippen LogP contribution in [0, 0.1) is 0 Å². The number of carbonyl (C=O) groups excluding carboxylic acids is 3. The zero-order valence-corrected chi connectivity index (χ0v) is 16.2. The largest absolute Gasteiger partial charge is 0.342 e. The van der Waals surface area contributed by atoms with Gasteiger partial charge in [-0.15, -0.1) is 0 Å². The SMILES string of the molecule is CC(=O)N(CCC(=O)N1CCN(C(C)=O)CC1)CCc1ccc(Cl)cc1. The van der Waals surface area contributed by atoms with Crippen molar-refractivity contribution in [3.63, 3.8) is 0 Å². The van der Waals surface area contributed by atoms with Crippen LogP contribution < -0.4 is 0 Å². The predicted octanol–water partition coefficient (Wildman–Crippen LogP) is 1.81. The third kappa shape index (κ3) is 6.02. The second-order valence-electron chi connectivity index (χ2n) is 6.52. The molecule has 0 atom stereocenters. The van der Waals surface area contributed by atoms with Crippen LogP contribution in [0.25, 0.3) is 0 Å². The molecule has 1 fully saturated rings. The van der Waals surface area contributed by atoms with Crippen molar-refractivity contribution >= 4 is 29.3 Å². The molecule has 0 unspecified atom stereocenters. The fourth-order valence-electron chi connectivity index (χ4n) is 3.00. The Morgan fingerprint density at radius 2 is 1.54 bits per heavy atom. The lowest BCUT2D eigenvalue weighted by Gasteiger charge is -2.34. The van der Waals surface area contributed by atoms with Crippen molar-refractivity contribution < 1.29 is 14.4 Å². The molecule has 142 valence electrons. The molecule has 0 N–H and O–H groups in total. The first-order valence-corrected chi connectivity index (χ1v) is 9.28. The molecule has 1 aliphatic rings. The highest BCUT2D eigenvalue weighted by Crippen LogP contribution is 2.11.